The van der Waals surface area contributed by atoms with Crippen molar-refractivity contribution in [2.75, 3.05) is 19.7 Å². The van der Waals surface area contributed by atoms with Gasteiger partial charge in [-0.05, 0) is 72.8 Å². The molecule has 2 aliphatic rings. The fourth-order valence-corrected chi connectivity index (χ4v) is 4.52. The van der Waals surface area contributed by atoms with E-state index in [-0.39, 0.29) is 36.7 Å². The van der Waals surface area contributed by atoms with E-state index in [2.05, 4.69) is 11.4 Å². The molecule has 1 aliphatic heterocycles. The molecule has 1 fully saturated rings. The Balaban J connectivity index is 1.24. The Hall–Kier alpha value is -3.06. The second-order valence-electron chi connectivity index (χ2n) is 7.67. The summed E-state index contributed by atoms with van der Waals surface area (Å²) in [7, 11) is 0. The third-order valence-electron chi connectivity index (χ3n) is 5.35. The lowest BCUT2D eigenvalue weighted by molar-refractivity contribution is -0.125. The fraction of sp³-hybridized carbons (Fsp3) is 0.292. The number of fused-ring (bicyclic) bond motifs is 1. The molecule has 0 bridgehead atoms. The summed E-state index contributed by atoms with van der Waals surface area (Å²) < 4.78 is 5.58. The smallest absolute Gasteiger partial charge is 0.293 e. The van der Waals surface area contributed by atoms with Gasteiger partial charge in [0.2, 0.25) is 0 Å². The highest BCUT2D eigenvalue weighted by molar-refractivity contribution is 8.18. The molecule has 4 rings (SSSR count). The van der Waals surface area contributed by atoms with Gasteiger partial charge in [-0.25, -0.2) is 0 Å². The second-order valence-corrected chi connectivity index (χ2v) is 8.66. The predicted molar refractivity (Wildman–Crippen MR) is 121 cm³/mol. The lowest BCUT2D eigenvalue weighted by Crippen LogP contribution is -2.38. The topological polar surface area (TPSA) is 75.7 Å². The zero-order valence-corrected chi connectivity index (χ0v) is 18.2. The molecule has 0 aromatic heterocycles. The summed E-state index contributed by atoms with van der Waals surface area (Å²) in [6, 6.07) is 13.7. The molecule has 1 heterocycles. The molecule has 2 aromatic carbocycles. The third kappa shape index (κ3) is 5.17. The van der Waals surface area contributed by atoms with Crippen LogP contribution in [0.25, 0.3) is 6.08 Å². The van der Waals surface area contributed by atoms with E-state index in [1.54, 1.807) is 6.08 Å². The Morgan fingerprint density at radius 2 is 1.90 bits per heavy atom. The summed E-state index contributed by atoms with van der Waals surface area (Å²) >= 11 is 0.918. The van der Waals surface area contributed by atoms with Gasteiger partial charge in [0, 0.05) is 13.1 Å². The number of carbonyl (C=O) groups excluding carboxylic acids is 3. The molecular weight excluding hydrogens is 412 g/mol. The number of imide groups is 1. The van der Waals surface area contributed by atoms with E-state index in [4.69, 9.17) is 4.74 Å². The first-order valence-corrected chi connectivity index (χ1v) is 11.1. The minimum absolute atomic E-state index is 0.103. The normalized spacial score (nSPS) is 16.7. The highest BCUT2D eigenvalue weighted by atomic mass is 32.2. The minimum Gasteiger partial charge on any atom is -0.484 e. The molecule has 1 saturated heterocycles. The predicted octanol–water partition coefficient (Wildman–Crippen LogP) is 3.72. The standard InChI is InChI=1S/C24H24N2O4S/c1-16-5-7-17(8-6-16)13-21-23(28)26(24(29)31-21)12-11-25-22(27)15-30-20-10-9-18-3-2-4-19(18)14-20/h5-10,13-14H,2-4,11-12,15H2,1H3,(H,25,27). The maximum absolute atomic E-state index is 12.5. The van der Waals surface area contributed by atoms with Gasteiger partial charge in [-0.1, -0.05) is 35.9 Å². The van der Waals surface area contributed by atoms with E-state index in [1.807, 2.05) is 43.3 Å². The molecule has 1 aliphatic carbocycles. The number of hydrogen-bond donors (Lipinski definition) is 1. The van der Waals surface area contributed by atoms with E-state index in [9.17, 15) is 14.4 Å². The summed E-state index contributed by atoms with van der Waals surface area (Å²) in [6.45, 7) is 2.19. The van der Waals surface area contributed by atoms with Gasteiger partial charge in [0.05, 0.1) is 4.91 Å². The molecule has 3 amide bonds. The van der Waals surface area contributed by atoms with Crippen molar-refractivity contribution in [3.05, 3.63) is 69.6 Å². The average Bonchev–Trinajstić information content (AvgIpc) is 3.33. The first kappa shape index (κ1) is 21.2. The van der Waals surface area contributed by atoms with Gasteiger partial charge in [-0.15, -0.1) is 0 Å². The average molecular weight is 437 g/mol. The van der Waals surface area contributed by atoms with E-state index < -0.39 is 0 Å². The Bertz CT molecular complexity index is 1050. The van der Waals surface area contributed by atoms with Crippen molar-refractivity contribution < 1.29 is 19.1 Å². The number of nitrogens with zero attached hydrogens (tertiary/aromatic N) is 1. The molecule has 0 atom stereocenters. The number of carbonyl (C=O) groups is 3. The number of thioether (sulfide) groups is 1. The first-order valence-electron chi connectivity index (χ1n) is 10.3. The largest absolute Gasteiger partial charge is 0.484 e. The molecule has 1 N–H and O–H groups in total. The van der Waals surface area contributed by atoms with Crippen LogP contribution in [0.1, 0.15) is 28.7 Å². The van der Waals surface area contributed by atoms with Crippen molar-refractivity contribution in [2.24, 2.45) is 0 Å². The summed E-state index contributed by atoms with van der Waals surface area (Å²) in [6.07, 6.45) is 5.03. The number of rotatable bonds is 7. The van der Waals surface area contributed by atoms with Crippen LogP contribution >= 0.6 is 11.8 Å². The van der Waals surface area contributed by atoms with E-state index >= 15 is 0 Å². The molecule has 6 nitrogen and oxygen atoms in total. The van der Waals surface area contributed by atoms with Crippen molar-refractivity contribution in [1.29, 1.82) is 0 Å². The van der Waals surface area contributed by atoms with Crippen LogP contribution in [0.15, 0.2) is 47.4 Å². The van der Waals surface area contributed by atoms with Crippen molar-refractivity contribution in [1.82, 2.24) is 10.2 Å². The van der Waals surface area contributed by atoms with Gasteiger partial charge in [0.1, 0.15) is 5.75 Å². The van der Waals surface area contributed by atoms with E-state index in [0.717, 1.165) is 47.1 Å². The highest BCUT2D eigenvalue weighted by Crippen LogP contribution is 2.32. The Kier molecular flexibility index (Phi) is 6.42. The first-order chi connectivity index (χ1) is 15.0. The van der Waals surface area contributed by atoms with Crippen LogP contribution in [0.3, 0.4) is 0 Å². The summed E-state index contributed by atoms with van der Waals surface area (Å²) in [5, 5.41) is 2.38. The molecular formula is C24H24N2O4S. The van der Waals surface area contributed by atoms with Crippen molar-refractivity contribution >= 4 is 34.9 Å². The number of aryl methyl sites for hydroxylation is 3. The Morgan fingerprint density at radius 1 is 1.13 bits per heavy atom. The minimum atomic E-state index is -0.334. The van der Waals surface area contributed by atoms with Crippen molar-refractivity contribution in [2.45, 2.75) is 26.2 Å². The van der Waals surface area contributed by atoms with Crippen LogP contribution in [-0.2, 0) is 22.4 Å². The Morgan fingerprint density at radius 3 is 2.71 bits per heavy atom. The summed E-state index contributed by atoms with van der Waals surface area (Å²) in [4.78, 5) is 38.4. The van der Waals surface area contributed by atoms with Gasteiger partial charge in [-0.2, -0.15) is 0 Å². The lowest BCUT2D eigenvalue weighted by Gasteiger charge is -2.13. The number of amides is 3. The van der Waals surface area contributed by atoms with Crippen LogP contribution < -0.4 is 10.1 Å². The molecule has 7 heteroatoms. The third-order valence-corrected chi connectivity index (χ3v) is 6.25. The SMILES string of the molecule is Cc1ccc(C=C2SC(=O)N(CCNC(=O)COc3ccc4c(c3)CCC4)C2=O)cc1. The number of ether oxygens (including phenoxy) is 1. The van der Waals surface area contributed by atoms with Crippen LogP contribution in [0.2, 0.25) is 0 Å². The van der Waals surface area contributed by atoms with Crippen LogP contribution in [0, 0.1) is 6.92 Å². The van der Waals surface area contributed by atoms with Crippen LogP contribution in [0.4, 0.5) is 4.79 Å². The quantitative estimate of drug-likeness (QED) is 0.670. The lowest BCUT2D eigenvalue weighted by atomic mass is 10.1. The van der Waals surface area contributed by atoms with Crippen LogP contribution in [0.5, 0.6) is 5.75 Å². The number of benzene rings is 2. The number of nitrogens with one attached hydrogen (secondary N) is 1. The molecule has 0 spiro atoms. The van der Waals surface area contributed by atoms with Gasteiger partial charge in [0.15, 0.2) is 6.61 Å². The van der Waals surface area contributed by atoms with E-state index in [0.29, 0.717) is 10.7 Å². The highest BCUT2D eigenvalue weighted by Gasteiger charge is 2.34. The van der Waals surface area contributed by atoms with Crippen molar-refractivity contribution in [3.8, 4) is 5.75 Å². The van der Waals surface area contributed by atoms with Gasteiger partial charge in [-0.3, -0.25) is 19.3 Å². The van der Waals surface area contributed by atoms with Gasteiger partial charge < -0.3 is 10.1 Å². The van der Waals surface area contributed by atoms with E-state index in [1.165, 1.54) is 11.1 Å². The number of hydrogen-bond acceptors (Lipinski definition) is 5. The zero-order valence-electron chi connectivity index (χ0n) is 17.3. The zero-order chi connectivity index (χ0) is 21.8. The molecule has 2 aromatic rings. The molecule has 0 radical (unpaired) electrons. The Labute approximate surface area is 185 Å². The molecule has 0 unspecified atom stereocenters. The van der Waals surface area contributed by atoms with Crippen LogP contribution in [-0.4, -0.2) is 41.6 Å². The summed E-state index contributed by atoms with van der Waals surface area (Å²) in [5.74, 6) is 0.0601. The fourth-order valence-electron chi connectivity index (χ4n) is 3.65. The van der Waals surface area contributed by atoms with Gasteiger partial charge in [0.25, 0.3) is 17.1 Å². The molecule has 31 heavy (non-hydrogen) atoms. The maximum Gasteiger partial charge on any atom is 0.293 e. The van der Waals surface area contributed by atoms with Crippen molar-refractivity contribution in [3.63, 3.8) is 0 Å². The summed E-state index contributed by atoms with van der Waals surface area (Å²) in [5.41, 5.74) is 4.63. The second kappa shape index (κ2) is 9.39. The molecule has 0 saturated carbocycles. The maximum atomic E-state index is 12.5. The monoisotopic (exact) mass is 436 g/mol. The van der Waals surface area contributed by atoms with Gasteiger partial charge >= 0.3 is 0 Å². The molecule has 160 valence electrons.